The van der Waals surface area contributed by atoms with Gasteiger partial charge in [0.25, 0.3) is 5.91 Å². The van der Waals surface area contributed by atoms with Crippen LogP contribution in [0.3, 0.4) is 0 Å². The molecule has 2 heterocycles. The second-order valence-corrected chi connectivity index (χ2v) is 7.77. The number of fused-ring (bicyclic) bond motifs is 1. The third kappa shape index (κ3) is 3.07. The Balaban J connectivity index is 1.80. The zero-order valence-corrected chi connectivity index (χ0v) is 13.2. The van der Waals surface area contributed by atoms with Gasteiger partial charge in [0.05, 0.1) is 0 Å². The van der Waals surface area contributed by atoms with Gasteiger partial charge in [-0.05, 0) is 30.2 Å². The lowest BCUT2D eigenvalue weighted by atomic mass is 10.00. The minimum Gasteiger partial charge on any atom is -0.336 e. The molecular formula is C16H20N2O2S. The Morgan fingerprint density at radius 1 is 1.24 bits per heavy atom. The van der Waals surface area contributed by atoms with E-state index in [0.717, 1.165) is 29.9 Å². The summed E-state index contributed by atoms with van der Waals surface area (Å²) in [5.41, 5.74) is 2.64. The number of aryl methyl sites for hydroxylation is 1. The van der Waals surface area contributed by atoms with Gasteiger partial charge in [-0.1, -0.05) is 13.8 Å². The zero-order valence-electron chi connectivity index (χ0n) is 12.4. The van der Waals surface area contributed by atoms with Crippen LogP contribution >= 0.6 is 11.8 Å². The first-order valence-electron chi connectivity index (χ1n) is 7.40. The minimum atomic E-state index is 0.0530. The van der Waals surface area contributed by atoms with Crippen LogP contribution < -0.4 is 5.32 Å². The average Bonchev–Trinajstić information content (AvgIpc) is 2.45. The van der Waals surface area contributed by atoms with Gasteiger partial charge in [0.2, 0.25) is 5.91 Å². The van der Waals surface area contributed by atoms with Crippen LogP contribution in [0.1, 0.15) is 36.2 Å². The number of amides is 2. The number of hydrogen-bond donors (Lipinski definition) is 1. The Bertz CT molecular complexity index is 578. The minimum absolute atomic E-state index is 0.0530. The highest BCUT2D eigenvalue weighted by molar-refractivity contribution is 8.00. The molecule has 1 saturated heterocycles. The van der Waals surface area contributed by atoms with E-state index in [9.17, 15) is 9.59 Å². The summed E-state index contributed by atoms with van der Waals surface area (Å²) in [7, 11) is 0. The Morgan fingerprint density at radius 3 is 2.67 bits per heavy atom. The third-order valence-corrected chi connectivity index (χ3v) is 5.18. The van der Waals surface area contributed by atoms with E-state index in [1.54, 1.807) is 0 Å². The van der Waals surface area contributed by atoms with Crippen molar-refractivity contribution in [3.05, 3.63) is 29.3 Å². The second kappa shape index (κ2) is 5.72. The van der Waals surface area contributed by atoms with E-state index in [4.69, 9.17) is 0 Å². The Labute approximate surface area is 129 Å². The number of thioether (sulfide) groups is 1. The topological polar surface area (TPSA) is 49.4 Å². The molecule has 112 valence electrons. The molecule has 1 aromatic rings. The fourth-order valence-corrected chi connectivity index (χ4v) is 4.37. The highest BCUT2D eigenvalue weighted by atomic mass is 32.2. The van der Waals surface area contributed by atoms with E-state index in [0.29, 0.717) is 23.3 Å². The lowest BCUT2D eigenvalue weighted by Gasteiger charge is -2.34. The highest BCUT2D eigenvalue weighted by Crippen LogP contribution is 2.28. The second-order valence-electron chi connectivity index (χ2n) is 5.89. The van der Waals surface area contributed by atoms with Crippen LogP contribution in [0.25, 0.3) is 0 Å². The van der Waals surface area contributed by atoms with Crippen molar-refractivity contribution < 1.29 is 9.59 Å². The number of nitrogens with zero attached hydrogens (tertiary/aromatic N) is 1. The molecule has 1 N–H and O–H groups in total. The average molecular weight is 304 g/mol. The molecule has 2 aliphatic heterocycles. The Kier molecular flexibility index (Phi) is 3.93. The summed E-state index contributed by atoms with van der Waals surface area (Å²) in [6.07, 6.45) is 1.21. The van der Waals surface area contributed by atoms with Crippen LogP contribution in [0.4, 0.5) is 5.69 Å². The number of benzene rings is 1. The smallest absolute Gasteiger partial charge is 0.253 e. The van der Waals surface area contributed by atoms with Crippen LogP contribution in [0, 0.1) is 0 Å². The number of rotatable bonds is 1. The standard InChI is InChI=1S/C16H20N2O2S/c1-10-8-18(9-11(2)21-10)16(20)13-3-5-14-12(7-13)4-6-15(19)17-14/h3,5,7,10-11H,4,6,8-9H2,1-2H3,(H,17,19). The predicted molar refractivity (Wildman–Crippen MR) is 85.8 cm³/mol. The molecular weight excluding hydrogens is 284 g/mol. The third-order valence-electron chi connectivity index (χ3n) is 3.95. The summed E-state index contributed by atoms with van der Waals surface area (Å²) in [6, 6.07) is 5.61. The molecule has 0 radical (unpaired) electrons. The molecule has 5 heteroatoms. The molecule has 0 bridgehead atoms. The number of hydrogen-bond acceptors (Lipinski definition) is 3. The van der Waals surface area contributed by atoms with Gasteiger partial charge in [-0.25, -0.2) is 0 Å². The maximum absolute atomic E-state index is 12.7. The van der Waals surface area contributed by atoms with E-state index >= 15 is 0 Å². The predicted octanol–water partition coefficient (Wildman–Crippen LogP) is 2.54. The van der Waals surface area contributed by atoms with E-state index in [2.05, 4.69) is 19.2 Å². The van der Waals surface area contributed by atoms with Crippen molar-refractivity contribution in [2.75, 3.05) is 18.4 Å². The number of anilines is 1. The molecule has 0 saturated carbocycles. The van der Waals surface area contributed by atoms with Crippen molar-refractivity contribution in [1.29, 1.82) is 0 Å². The first-order chi connectivity index (χ1) is 10.0. The normalized spacial score (nSPS) is 25.2. The lowest BCUT2D eigenvalue weighted by molar-refractivity contribution is -0.116. The van der Waals surface area contributed by atoms with Gasteiger partial charge in [-0.3, -0.25) is 9.59 Å². The van der Waals surface area contributed by atoms with Gasteiger partial charge in [0, 0.05) is 41.3 Å². The van der Waals surface area contributed by atoms with E-state index < -0.39 is 0 Å². The number of carbonyl (C=O) groups excluding carboxylic acids is 2. The lowest BCUT2D eigenvalue weighted by Crippen LogP contribution is -2.44. The van der Waals surface area contributed by atoms with Crippen molar-refractivity contribution in [3.8, 4) is 0 Å². The van der Waals surface area contributed by atoms with Gasteiger partial charge in [0.1, 0.15) is 0 Å². The summed E-state index contributed by atoms with van der Waals surface area (Å²) < 4.78 is 0. The molecule has 21 heavy (non-hydrogen) atoms. The summed E-state index contributed by atoms with van der Waals surface area (Å²) in [6.45, 7) is 5.95. The van der Waals surface area contributed by atoms with Crippen molar-refractivity contribution in [2.24, 2.45) is 0 Å². The molecule has 0 aromatic heterocycles. The quantitative estimate of drug-likeness (QED) is 0.867. The Morgan fingerprint density at radius 2 is 1.95 bits per heavy atom. The SMILES string of the molecule is CC1CN(C(=O)c2ccc3c(c2)CCC(=O)N3)CC(C)S1. The number of carbonyl (C=O) groups is 2. The summed E-state index contributed by atoms with van der Waals surface area (Å²) in [5, 5.41) is 3.81. The van der Waals surface area contributed by atoms with Crippen molar-refractivity contribution in [3.63, 3.8) is 0 Å². The fourth-order valence-electron chi connectivity index (χ4n) is 3.04. The van der Waals surface area contributed by atoms with Crippen LogP contribution in [0.15, 0.2) is 18.2 Å². The van der Waals surface area contributed by atoms with Gasteiger partial charge in [-0.2, -0.15) is 11.8 Å². The van der Waals surface area contributed by atoms with Crippen molar-refractivity contribution >= 4 is 29.3 Å². The zero-order chi connectivity index (χ0) is 15.0. The molecule has 1 aromatic carbocycles. The van der Waals surface area contributed by atoms with Crippen LogP contribution in [0.5, 0.6) is 0 Å². The molecule has 0 aliphatic carbocycles. The van der Waals surface area contributed by atoms with Crippen LogP contribution in [0.2, 0.25) is 0 Å². The van der Waals surface area contributed by atoms with Crippen molar-refractivity contribution in [1.82, 2.24) is 4.90 Å². The summed E-state index contributed by atoms with van der Waals surface area (Å²) in [4.78, 5) is 26.0. The number of nitrogens with one attached hydrogen (secondary N) is 1. The maximum Gasteiger partial charge on any atom is 0.253 e. The maximum atomic E-state index is 12.7. The van der Waals surface area contributed by atoms with Gasteiger partial charge in [-0.15, -0.1) is 0 Å². The van der Waals surface area contributed by atoms with Gasteiger partial charge >= 0.3 is 0 Å². The molecule has 2 amide bonds. The molecule has 2 aliphatic rings. The molecule has 3 rings (SSSR count). The van der Waals surface area contributed by atoms with Gasteiger partial charge < -0.3 is 10.2 Å². The molecule has 4 nitrogen and oxygen atoms in total. The van der Waals surface area contributed by atoms with Crippen molar-refractivity contribution in [2.45, 2.75) is 37.2 Å². The van der Waals surface area contributed by atoms with E-state index in [1.165, 1.54) is 0 Å². The van der Waals surface area contributed by atoms with Crippen LogP contribution in [-0.4, -0.2) is 40.3 Å². The van der Waals surface area contributed by atoms with E-state index in [1.807, 2.05) is 34.9 Å². The highest BCUT2D eigenvalue weighted by Gasteiger charge is 2.27. The van der Waals surface area contributed by atoms with E-state index in [-0.39, 0.29) is 11.8 Å². The molecule has 1 fully saturated rings. The van der Waals surface area contributed by atoms with Gasteiger partial charge in [0.15, 0.2) is 0 Å². The molecule has 2 unspecified atom stereocenters. The summed E-state index contributed by atoms with van der Waals surface area (Å²) >= 11 is 1.94. The largest absolute Gasteiger partial charge is 0.336 e. The first kappa shape index (κ1) is 14.4. The van der Waals surface area contributed by atoms with Crippen LogP contribution in [-0.2, 0) is 11.2 Å². The summed E-state index contributed by atoms with van der Waals surface area (Å²) in [5.74, 6) is 0.158. The molecule has 2 atom stereocenters. The molecule has 0 spiro atoms. The Hall–Kier alpha value is -1.49. The monoisotopic (exact) mass is 304 g/mol. The fraction of sp³-hybridized carbons (Fsp3) is 0.500. The first-order valence-corrected chi connectivity index (χ1v) is 8.34.